The van der Waals surface area contributed by atoms with Gasteiger partial charge in [-0.05, 0) is 43.5 Å². The van der Waals surface area contributed by atoms with Crippen LogP contribution in [0.3, 0.4) is 0 Å². The van der Waals surface area contributed by atoms with Crippen molar-refractivity contribution in [2.24, 2.45) is 0 Å². The summed E-state index contributed by atoms with van der Waals surface area (Å²) in [4.78, 5) is 10.6. The third-order valence-corrected chi connectivity index (χ3v) is 3.15. The lowest BCUT2D eigenvalue weighted by Crippen LogP contribution is -1.94. The maximum Gasteiger partial charge on any atom is 0.150 e. The quantitative estimate of drug-likeness (QED) is 0.673. The molecule has 0 unspecified atom stereocenters. The van der Waals surface area contributed by atoms with Gasteiger partial charge in [-0.2, -0.15) is 0 Å². The van der Waals surface area contributed by atoms with Crippen LogP contribution in [-0.2, 0) is 0 Å². The van der Waals surface area contributed by atoms with Gasteiger partial charge in [0.05, 0.1) is 0 Å². The van der Waals surface area contributed by atoms with Crippen molar-refractivity contribution in [2.45, 2.75) is 20.8 Å². The minimum Gasteiger partial charge on any atom is -0.298 e. The van der Waals surface area contributed by atoms with Crippen molar-refractivity contribution in [3.63, 3.8) is 0 Å². The predicted molar refractivity (Wildman–Crippen MR) is 53.7 cm³/mol. The summed E-state index contributed by atoms with van der Waals surface area (Å²) >= 11 is 3.41. The smallest absolute Gasteiger partial charge is 0.150 e. The van der Waals surface area contributed by atoms with E-state index < -0.39 is 0 Å². The van der Waals surface area contributed by atoms with Crippen LogP contribution in [0.5, 0.6) is 0 Å². The number of hydrogen-bond acceptors (Lipinski definition) is 1. The standard InChI is InChI=1S/C10H11BrO/c1-6-7(2)9(5-12)4-10(11)8(6)3/h4-5H,1-3H3. The first-order valence-electron chi connectivity index (χ1n) is 3.79. The summed E-state index contributed by atoms with van der Waals surface area (Å²) in [6, 6.07) is 1.87. The molecule has 64 valence electrons. The number of benzene rings is 1. The van der Waals surface area contributed by atoms with Gasteiger partial charge in [0.25, 0.3) is 0 Å². The molecule has 0 fully saturated rings. The van der Waals surface area contributed by atoms with Crippen LogP contribution >= 0.6 is 15.9 Å². The highest BCUT2D eigenvalue weighted by atomic mass is 79.9. The second-order valence-electron chi connectivity index (χ2n) is 2.94. The van der Waals surface area contributed by atoms with Crippen molar-refractivity contribution in [1.29, 1.82) is 0 Å². The van der Waals surface area contributed by atoms with E-state index in [0.717, 1.165) is 21.9 Å². The highest BCUT2D eigenvalue weighted by molar-refractivity contribution is 9.10. The number of hydrogen-bond donors (Lipinski definition) is 0. The van der Waals surface area contributed by atoms with Gasteiger partial charge in [0.2, 0.25) is 0 Å². The molecule has 1 aromatic carbocycles. The number of aldehydes is 1. The Labute approximate surface area is 80.9 Å². The molecule has 0 N–H and O–H groups in total. The molecule has 0 aliphatic heterocycles. The average molecular weight is 227 g/mol. The molecule has 2 heteroatoms. The Morgan fingerprint density at radius 2 is 1.75 bits per heavy atom. The van der Waals surface area contributed by atoms with Crippen molar-refractivity contribution in [3.8, 4) is 0 Å². The molecule has 0 aliphatic carbocycles. The van der Waals surface area contributed by atoms with Gasteiger partial charge in [0.15, 0.2) is 0 Å². The largest absolute Gasteiger partial charge is 0.298 e. The van der Waals surface area contributed by atoms with E-state index in [0.29, 0.717) is 0 Å². The maximum absolute atomic E-state index is 10.6. The molecule has 0 aliphatic rings. The van der Waals surface area contributed by atoms with Crippen LogP contribution in [0.1, 0.15) is 27.0 Å². The Kier molecular flexibility index (Phi) is 2.68. The van der Waals surface area contributed by atoms with Crippen LogP contribution in [-0.4, -0.2) is 6.29 Å². The minimum absolute atomic E-state index is 0.768. The first-order chi connectivity index (χ1) is 5.57. The molecule has 1 nitrogen and oxygen atoms in total. The van der Waals surface area contributed by atoms with Gasteiger partial charge in [0.1, 0.15) is 6.29 Å². The van der Waals surface area contributed by atoms with Crippen molar-refractivity contribution < 1.29 is 4.79 Å². The van der Waals surface area contributed by atoms with Crippen LogP contribution in [0.4, 0.5) is 0 Å². The summed E-state index contributed by atoms with van der Waals surface area (Å²) in [5.74, 6) is 0. The van der Waals surface area contributed by atoms with E-state index in [1.807, 2.05) is 26.8 Å². The molecule has 0 saturated carbocycles. The monoisotopic (exact) mass is 226 g/mol. The predicted octanol–water partition coefficient (Wildman–Crippen LogP) is 3.19. The Morgan fingerprint density at radius 1 is 1.17 bits per heavy atom. The molecule has 1 aromatic rings. The highest BCUT2D eigenvalue weighted by Gasteiger charge is 2.06. The lowest BCUT2D eigenvalue weighted by atomic mass is 10.00. The Morgan fingerprint density at radius 3 is 2.25 bits per heavy atom. The summed E-state index contributed by atoms with van der Waals surface area (Å²) in [6.07, 6.45) is 0.895. The first-order valence-corrected chi connectivity index (χ1v) is 4.58. The van der Waals surface area contributed by atoms with Gasteiger partial charge >= 0.3 is 0 Å². The number of carbonyl (C=O) groups is 1. The summed E-state index contributed by atoms with van der Waals surface area (Å²) in [7, 11) is 0. The van der Waals surface area contributed by atoms with E-state index in [4.69, 9.17) is 0 Å². The van der Waals surface area contributed by atoms with Crippen LogP contribution < -0.4 is 0 Å². The Hall–Kier alpha value is -0.630. The van der Waals surface area contributed by atoms with E-state index in [1.54, 1.807) is 0 Å². The van der Waals surface area contributed by atoms with E-state index in [-0.39, 0.29) is 0 Å². The van der Waals surface area contributed by atoms with Crippen molar-refractivity contribution >= 4 is 22.2 Å². The van der Waals surface area contributed by atoms with Crippen molar-refractivity contribution in [1.82, 2.24) is 0 Å². The van der Waals surface area contributed by atoms with Gasteiger partial charge in [-0.25, -0.2) is 0 Å². The Bertz CT molecular complexity index is 329. The molecule has 0 heterocycles. The normalized spacial score (nSPS) is 10.0. The van der Waals surface area contributed by atoms with Crippen LogP contribution in [0.15, 0.2) is 10.5 Å². The molecule has 0 aromatic heterocycles. The van der Waals surface area contributed by atoms with Gasteiger partial charge in [-0.15, -0.1) is 0 Å². The van der Waals surface area contributed by atoms with Crippen LogP contribution in [0.25, 0.3) is 0 Å². The lowest BCUT2D eigenvalue weighted by molar-refractivity contribution is 0.112. The molecule has 12 heavy (non-hydrogen) atoms. The van der Waals surface area contributed by atoms with Crippen LogP contribution in [0, 0.1) is 20.8 Å². The average Bonchev–Trinajstić information content (AvgIpc) is 2.08. The molecule has 0 spiro atoms. The zero-order chi connectivity index (χ0) is 9.30. The third-order valence-electron chi connectivity index (χ3n) is 2.33. The zero-order valence-corrected chi connectivity index (χ0v) is 9.03. The second-order valence-corrected chi connectivity index (χ2v) is 3.79. The second kappa shape index (κ2) is 3.40. The molecule has 0 atom stereocenters. The molecule has 1 rings (SSSR count). The van der Waals surface area contributed by atoms with Crippen molar-refractivity contribution in [2.75, 3.05) is 0 Å². The van der Waals surface area contributed by atoms with E-state index in [2.05, 4.69) is 15.9 Å². The van der Waals surface area contributed by atoms with Crippen molar-refractivity contribution in [3.05, 3.63) is 32.8 Å². The third kappa shape index (κ3) is 1.44. The van der Waals surface area contributed by atoms with E-state index >= 15 is 0 Å². The number of rotatable bonds is 1. The topological polar surface area (TPSA) is 17.1 Å². The molecular weight excluding hydrogens is 216 g/mol. The SMILES string of the molecule is Cc1c(Br)cc(C=O)c(C)c1C. The molecule has 0 bridgehead atoms. The Balaban J connectivity index is 3.49. The first kappa shape index (κ1) is 9.46. The van der Waals surface area contributed by atoms with E-state index in [9.17, 15) is 4.79 Å². The van der Waals surface area contributed by atoms with Gasteiger partial charge in [-0.1, -0.05) is 15.9 Å². The number of halogens is 1. The summed E-state index contributed by atoms with van der Waals surface area (Å²) in [6.45, 7) is 6.04. The summed E-state index contributed by atoms with van der Waals surface area (Å²) in [5, 5.41) is 0. The molecule has 0 amide bonds. The summed E-state index contributed by atoms with van der Waals surface area (Å²) < 4.78 is 1.01. The number of carbonyl (C=O) groups excluding carboxylic acids is 1. The maximum atomic E-state index is 10.6. The highest BCUT2D eigenvalue weighted by Crippen LogP contribution is 2.24. The molecule has 0 saturated heterocycles. The van der Waals surface area contributed by atoms with Gasteiger partial charge < -0.3 is 0 Å². The van der Waals surface area contributed by atoms with E-state index in [1.165, 1.54) is 11.1 Å². The fourth-order valence-electron chi connectivity index (χ4n) is 1.15. The fourth-order valence-corrected chi connectivity index (χ4v) is 1.70. The van der Waals surface area contributed by atoms with Gasteiger partial charge in [0, 0.05) is 10.0 Å². The molecular formula is C10H11BrO. The molecule has 0 radical (unpaired) electrons. The summed E-state index contributed by atoms with van der Waals surface area (Å²) in [5.41, 5.74) is 4.24. The zero-order valence-electron chi connectivity index (χ0n) is 7.44. The lowest BCUT2D eigenvalue weighted by Gasteiger charge is -2.08. The van der Waals surface area contributed by atoms with Crippen LogP contribution in [0.2, 0.25) is 0 Å². The van der Waals surface area contributed by atoms with Gasteiger partial charge in [-0.3, -0.25) is 4.79 Å². The minimum atomic E-state index is 0.768. The fraction of sp³-hybridized carbons (Fsp3) is 0.300.